The molecule has 0 fully saturated rings. The summed E-state index contributed by atoms with van der Waals surface area (Å²) in [7, 11) is 3.30. The van der Waals surface area contributed by atoms with Crippen molar-refractivity contribution < 1.29 is 25.2 Å². The second-order valence-corrected chi connectivity index (χ2v) is 6.06. The van der Waals surface area contributed by atoms with Gasteiger partial charge in [0.05, 0.1) is 0 Å². The van der Waals surface area contributed by atoms with E-state index in [1.54, 1.807) is 15.7 Å². The van der Waals surface area contributed by atoms with Crippen molar-refractivity contribution in [2.24, 2.45) is 0 Å². The van der Waals surface area contributed by atoms with Crippen LogP contribution in [0.3, 0.4) is 0 Å². The topological polar surface area (TPSA) is 98.0 Å². The molecule has 3 rings (SSSR count). The van der Waals surface area contributed by atoms with E-state index in [0.29, 0.717) is 27.6 Å². The number of rotatable bonds is 3. The molecule has 0 saturated carbocycles. The van der Waals surface area contributed by atoms with Crippen molar-refractivity contribution in [2.75, 3.05) is 0 Å². The summed E-state index contributed by atoms with van der Waals surface area (Å²) in [6.45, 7) is 1.89. The Kier molecular flexibility index (Phi) is 3.72. The van der Waals surface area contributed by atoms with E-state index in [4.69, 9.17) is 0 Å². The Morgan fingerprint density at radius 2 is 1.91 bits per heavy atom. The number of ketones is 1. The number of aliphatic hydroxyl groups excluding tert-OH is 2. The van der Waals surface area contributed by atoms with Crippen molar-refractivity contribution in [1.82, 2.24) is 0 Å². The molecular weight excluding hydrogens is 293 g/mol. The predicted octanol–water partition coefficient (Wildman–Crippen LogP) is -1.81. The Labute approximate surface area is 135 Å². The van der Waals surface area contributed by atoms with Crippen LogP contribution in [0.25, 0.3) is 0 Å². The monoisotopic (exact) mass is 308 g/mol. The molecule has 23 heavy (non-hydrogen) atoms. The number of benzene rings is 1. The predicted molar refractivity (Wildman–Crippen MR) is 93.7 cm³/mol. The summed E-state index contributed by atoms with van der Waals surface area (Å²) in [5, 5.41) is 39.2. The van der Waals surface area contributed by atoms with Crippen molar-refractivity contribution in [2.45, 2.75) is 18.3 Å². The molecule has 1 aliphatic heterocycles. The van der Waals surface area contributed by atoms with E-state index >= 15 is 0 Å². The van der Waals surface area contributed by atoms with Crippen molar-refractivity contribution in [1.29, 1.82) is 0 Å². The maximum absolute atomic E-state index is 13.0. The van der Waals surface area contributed by atoms with Gasteiger partial charge in [-0.05, 0) is 0 Å². The van der Waals surface area contributed by atoms with E-state index in [0.717, 1.165) is 0 Å². The zero-order valence-electron chi connectivity index (χ0n) is 12.9. The van der Waals surface area contributed by atoms with Gasteiger partial charge in [-0.15, -0.1) is 0 Å². The first-order valence-corrected chi connectivity index (χ1v) is 7.38. The number of allylic oxidation sites excluding steroid dienone is 2. The summed E-state index contributed by atoms with van der Waals surface area (Å²) < 4.78 is 0. The molecule has 0 bridgehead atoms. The number of aromatic hydroxyl groups is 2. The number of phenols is 2. The van der Waals surface area contributed by atoms with E-state index in [9.17, 15) is 25.2 Å². The van der Waals surface area contributed by atoms with Crippen LogP contribution in [0.5, 0.6) is 11.5 Å². The van der Waals surface area contributed by atoms with Gasteiger partial charge in [0.2, 0.25) is 0 Å². The normalized spacial score (nSPS) is 22.6. The zero-order valence-corrected chi connectivity index (χ0v) is 12.9. The van der Waals surface area contributed by atoms with Gasteiger partial charge < -0.3 is 0 Å². The molecule has 1 aromatic carbocycles. The maximum atomic E-state index is 13.0. The van der Waals surface area contributed by atoms with Crippen LogP contribution in [0, 0.1) is 0 Å². The van der Waals surface area contributed by atoms with Crippen LogP contribution in [0.1, 0.15) is 28.2 Å². The van der Waals surface area contributed by atoms with E-state index in [1.807, 2.05) is 12.9 Å². The van der Waals surface area contributed by atoms with Crippen LogP contribution < -0.4 is 5.46 Å². The summed E-state index contributed by atoms with van der Waals surface area (Å²) in [4.78, 5) is 13.0. The van der Waals surface area contributed by atoms with Crippen LogP contribution in [-0.2, 0) is 0 Å². The first-order chi connectivity index (χ1) is 10.8. The summed E-state index contributed by atoms with van der Waals surface area (Å²) in [5.41, 5.74) is 2.23. The molecule has 8 heteroatoms. The minimum atomic E-state index is -0.995. The second kappa shape index (κ2) is 5.46. The average Bonchev–Trinajstić information content (AvgIpc) is 3.32. The summed E-state index contributed by atoms with van der Waals surface area (Å²) in [6, 6.07) is 1.40. The summed E-state index contributed by atoms with van der Waals surface area (Å²) in [6.07, 6.45) is 0.466. The van der Waals surface area contributed by atoms with E-state index in [1.165, 1.54) is 12.1 Å². The molecule has 1 aliphatic carbocycles. The van der Waals surface area contributed by atoms with Gasteiger partial charge in [0.1, 0.15) is 0 Å². The SMILES string of the molecule is BC1=C(C(=O)c2c(C3B=C3)cc(O)c(O)c2B)C=C(O)C(O)C1. The van der Waals surface area contributed by atoms with Gasteiger partial charge in [-0.2, -0.15) is 0 Å². The molecule has 2 unspecified atom stereocenters. The molecule has 0 saturated heterocycles. The molecule has 4 N–H and O–H groups in total. The third kappa shape index (κ3) is 2.63. The van der Waals surface area contributed by atoms with Crippen molar-refractivity contribution in [3.63, 3.8) is 0 Å². The van der Waals surface area contributed by atoms with Crippen molar-refractivity contribution in [3.05, 3.63) is 40.1 Å². The van der Waals surface area contributed by atoms with Gasteiger partial charge in [-0.1, -0.05) is 0 Å². The molecule has 0 radical (unpaired) electrons. The van der Waals surface area contributed by atoms with Gasteiger partial charge >= 0.3 is 135 Å². The van der Waals surface area contributed by atoms with E-state index < -0.39 is 6.10 Å². The Balaban J connectivity index is 2.14. The zero-order chi connectivity index (χ0) is 16.9. The van der Waals surface area contributed by atoms with Crippen molar-refractivity contribution >= 4 is 39.8 Å². The third-order valence-electron chi connectivity index (χ3n) is 4.36. The fourth-order valence-electron chi connectivity index (χ4n) is 2.91. The number of carbonyl (C=O) groups is 1. The van der Waals surface area contributed by atoms with E-state index in [-0.39, 0.29) is 35.3 Å². The Morgan fingerprint density at radius 1 is 1.26 bits per heavy atom. The van der Waals surface area contributed by atoms with Gasteiger partial charge in [0.25, 0.3) is 0 Å². The Hall–Kier alpha value is -2.21. The summed E-state index contributed by atoms with van der Waals surface area (Å²) in [5.74, 6) is 0.697. The molecule has 114 valence electrons. The molecule has 0 amide bonds. The quantitative estimate of drug-likeness (QED) is 0.300. The van der Waals surface area contributed by atoms with Crippen LogP contribution in [-0.4, -0.2) is 60.9 Å². The number of phenolic OH excluding ortho intramolecular Hbond substituents is 2. The fraction of sp³-hybridized carbons (Fsp3) is 0.200. The fourth-order valence-corrected chi connectivity index (χ4v) is 2.91. The molecule has 2 atom stereocenters. The second-order valence-electron chi connectivity index (χ2n) is 6.06. The first kappa shape index (κ1) is 15.7. The number of hydrogen-bond donors (Lipinski definition) is 4. The van der Waals surface area contributed by atoms with Crippen molar-refractivity contribution in [3.8, 4) is 11.5 Å². The molecule has 0 spiro atoms. The number of hydrogen-bond acceptors (Lipinski definition) is 5. The molecule has 1 heterocycles. The van der Waals surface area contributed by atoms with Crippen LogP contribution in [0.15, 0.2) is 28.9 Å². The third-order valence-corrected chi connectivity index (χ3v) is 4.36. The van der Waals surface area contributed by atoms with Crippen LogP contribution in [0.2, 0.25) is 0 Å². The van der Waals surface area contributed by atoms with Gasteiger partial charge in [0.15, 0.2) is 0 Å². The number of Topliss-reactive ketones (excluding diaryl/α,β-unsaturated/α-hetero) is 1. The molecule has 5 nitrogen and oxygen atoms in total. The van der Waals surface area contributed by atoms with Gasteiger partial charge in [0, 0.05) is 0 Å². The standard InChI is InChI=1S/C15H15B3O5/c16-7-3-10(20)9(19)1-5(7)14(22)12-6(8-4-18-8)2-11(21)15(23)13(12)17/h1-2,4,8,10,19-21,23H,3,16-17H2. The Morgan fingerprint density at radius 3 is 2.52 bits per heavy atom. The van der Waals surface area contributed by atoms with Gasteiger partial charge in [-0.25, -0.2) is 0 Å². The van der Waals surface area contributed by atoms with Crippen LogP contribution in [0.4, 0.5) is 0 Å². The molecule has 0 aromatic heterocycles. The molecule has 2 aliphatic rings. The first-order valence-electron chi connectivity index (χ1n) is 7.38. The Bertz CT molecular complexity index is 804. The van der Waals surface area contributed by atoms with Crippen LogP contribution >= 0.6 is 0 Å². The average molecular weight is 308 g/mol. The molecular formula is C15H15B3O5. The van der Waals surface area contributed by atoms with E-state index in [2.05, 4.69) is 0 Å². The minimum absolute atomic E-state index is 0.0354. The van der Waals surface area contributed by atoms with Gasteiger partial charge in [-0.3, -0.25) is 0 Å². The number of aliphatic hydroxyl groups is 2. The number of carbonyl (C=O) groups excluding carboxylic acids is 1. The summed E-state index contributed by atoms with van der Waals surface area (Å²) >= 11 is 0. The molecule has 1 aromatic rings.